The second-order valence-corrected chi connectivity index (χ2v) is 4.63. The largest absolute Gasteiger partial charge is 0.321 e. The number of aryl methyl sites for hydroxylation is 1. The van der Waals surface area contributed by atoms with Crippen molar-refractivity contribution in [3.8, 4) is 0 Å². The molecule has 5 nitrogen and oxygen atoms in total. The van der Waals surface area contributed by atoms with E-state index in [1.807, 2.05) is 0 Å². The molecule has 7 heteroatoms. The molecule has 1 heterocycles. The van der Waals surface area contributed by atoms with Gasteiger partial charge in [0, 0.05) is 17.5 Å². The van der Waals surface area contributed by atoms with Gasteiger partial charge in [-0.05, 0) is 23.9 Å². The zero-order valence-corrected chi connectivity index (χ0v) is 10.7. The number of nitrogens with one attached hydrogen (secondary N) is 1. The zero-order valence-electron chi connectivity index (χ0n) is 9.84. The van der Waals surface area contributed by atoms with Crippen LogP contribution in [0.4, 0.5) is 15.8 Å². The normalized spacial score (nSPS) is 10.2. The van der Waals surface area contributed by atoms with E-state index in [4.69, 9.17) is 0 Å². The van der Waals surface area contributed by atoms with Crippen LogP contribution in [-0.2, 0) is 0 Å². The Balaban J connectivity index is 2.38. The fraction of sp³-hybridized carbons (Fsp3) is 0.0833. The van der Waals surface area contributed by atoms with E-state index < -0.39 is 16.6 Å². The van der Waals surface area contributed by atoms with E-state index in [-0.39, 0.29) is 16.8 Å². The first-order valence-electron chi connectivity index (χ1n) is 5.27. The van der Waals surface area contributed by atoms with Gasteiger partial charge >= 0.3 is 0 Å². The Morgan fingerprint density at radius 2 is 2.21 bits per heavy atom. The molecule has 0 atom stereocenters. The van der Waals surface area contributed by atoms with Gasteiger partial charge in [-0.3, -0.25) is 14.9 Å². The molecule has 0 saturated carbocycles. The zero-order chi connectivity index (χ0) is 14.0. The van der Waals surface area contributed by atoms with Gasteiger partial charge in [-0.15, -0.1) is 0 Å². The Morgan fingerprint density at radius 3 is 2.79 bits per heavy atom. The maximum atomic E-state index is 13.8. The van der Waals surface area contributed by atoms with Gasteiger partial charge in [0.25, 0.3) is 11.6 Å². The first-order chi connectivity index (χ1) is 8.99. The molecule has 19 heavy (non-hydrogen) atoms. The van der Waals surface area contributed by atoms with Gasteiger partial charge in [0.1, 0.15) is 5.82 Å². The highest BCUT2D eigenvalue weighted by Crippen LogP contribution is 2.22. The fourth-order valence-corrected chi connectivity index (χ4v) is 2.14. The lowest BCUT2D eigenvalue weighted by molar-refractivity contribution is -0.385. The van der Waals surface area contributed by atoms with Gasteiger partial charge < -0.3 is 5.32 Å². The van der Waals surface area contributed by atoms with Gasteiger partial charge in [0.15, 0.2) is 0 Å². The number of thiophene rings is 1. The lowest BCUT2D eigenvalue weighted by Gasteiger charge is -2.06. The number of non-ortho nitro benzene ring substituents is 1. The summed E-state index contributed by atoms with van der Waals surface area (Å²) in [5.74, 6) is -1.46. The number of amides is 1. The molecular weight excluding hydrogens is 271 g/mol. The summed E-state index contributed by atoms with van der Waals surface area (Å²) in [4.78, 5) is 21.9. The van der Waals surface area contributed by atoms with Crippen molar-refractivity contribution in [1.29, 1.82) is 0 Å². The average Bonchev–Trinajstić information content (AvgIpc) is 2.84. The van der Waals surface area contributed by atoms with Crippen LogP contribution in [0.5, 0.6) is 0 Å². The molecule has 0 saturated heterocycles. The average molecular weight is 280 g/mol. The van der Waals surface area contributed by atoms with E-state index in [2.05, 4.69) is 5.32 Å². The van der Waals surface area contributed by atoms with Crippen LogP contribution in [0, 0.1) is 22.9 Å². The third-order valence-corrected chi connectivity index (χ3v) is 3.16. The summed E-state index contributed by atoms with van der Waals surface area (Å²) in [7, 11) is 0. The van der Waals surface area contributed by atoms with Crippen LogP contribution < -0.4 is 5.32 Å². The smallest absolute Gasteiger partial charge is 0.270 e. The minimum absolute atomic E-state index is 0.0599. The van der Waals surface area contributed by atoms with E-state index in [0.717, 1.165) is 12.1 Å². The standard InChI is InChI=1S/C12H9FN2O3S/c1-7-4-9(15(17)18)5-10(11(7)13)12(16)14-8-2-3-19-6-8/h2-6H,1H3,(H,14,16). The van der Waals surface area contributed by atoms with Crippen LogP contribution >= 0.6 is 11.3 Å². The van der Waals surface area contributed by atoms with E-state index in [9.17, 15) is 19.3 Å². The van der Waals surface area contributed by atoms with Crippen LogP contribution in [0.1, 0.15) is 15.9 Å². The molecular formula is C12H9FN2O3S. The van der Waals surface area contributed by atoms with Gasteiger partial charge in [-0.2, -0.15) is 11.3 Å². The number of hydrogen-bond donors (Lipinski definition) is 1. The Labute approximate surface area is 111 Å². The number of carbonyl (C=O) groups excluding carboxylic acids is 1. The second kappa shape index (κ2) is 5.15. The molecule has 98 valence electrons. The SMILES string of the molecule is Cc1cc([N+](=O)[O-])cc(C(=O)Nc2ccsc2)c1F. The second-order valence-electron chi connectivity index (χ2n) is 3.85. The molecule has 0 aliphatic heterocycles. The number of hydrogen-bond acceptors (Lipinski definition) is 4. The molecule has 0 unspecified atom stereocenters. The number of halogens is 1. The Bertz CT molecular complexity index is 641. The molecule has 0 aliphatic carbocycles. The van der Waals surface area contributed by atoms with E-state index in [1.54, 1.807) is 16.8 Å². The molecule has 1 aromatic heterocycles. The van der Waals surface area contributed by atoms with Crippen LogP contribution in [0.2, 0.25) is 0 Å². The summed E-state index contributed by atoms with van der Waals surface area (Å²) in [5, 5.41) is 16.6. The lowest BCUT2D eigenvalue weighted by Crippen LogP contribution is -2.14. The van der Waals surface area contributed by atoms with Crippen molar-refractivity contribution in [2.45, 2.75) is 6.92 Å². The Hall–Kier alpha value is -2.28. The molecule has 2 rings (SSSR count). The maximum absolute atomic E-state index is 13.8. The predicted molar refractivity (Wildman–Crippen MR) is 70.1 cm³/mol. The highest BCUT2D eigenvalue weighted by Gasteiger charge is 2.19. The van der Waals surface area contributed by atoms with Crippen molar-refractivity contribution in [2.24, 2.45) is 0 Å². The molecule has 0 spiro atoms. The third kappa shape index (κ3) is 2.76. The van der Waals surface area contributed by atoms with Crippen molar-refractivity contribution < 1.29 is 14.1 Å². The number of benzene rings is 1. The molecule has 0 radical (unpaired) electrons. The monoisotopic (exact) mass is 280 g/mol. The maximum Gasteiger partial charge on any atom is 0.270 e. The molecule has 0 aliphatic rings. The molecule has 1 amide bonds. The minimum Gasteiger partial charge on any atom is -0.321 e. The fourth-order valence-electron chi connectivity index (χ4n) is 1.56. The van der Waals surface area contributed by atoms with Crippen LogP contribution in [0.15, 0.2) is 29.0 Å². The quantitative estimate of drug-likeness (QED) is 0.692. The minimum atomic E-state index is -0.752. The van der Waals surface area contributed by atoms with E-state index in [0.29, 0.717) is 5.69 Å². The predicted octanol–water partition coefficient (Wildman–Crippen LogP) is 3.36. The van der Waals surface area contributed by atoms with Crippen LogP contribution in [-0.4, -0.2) is 10.8 Å². The molecule has 0 bridgehead atoms. The summed E-state index contributed by atoms with van der Waals surface area (Å²) < 4.78 is 13.8. The number of nitro benzene ring substituents is 1. The van der Waals surface area contributed by atoms with E-state index >= 15 is 0 Å². The highest BCUT2D eigenvalue weighted by molar-refractivity contribution is 7.08. The topological polar surface area (TPSA) is 72.2 Å². The van der Waals surface area contributed by atoms with Gasteiger partial charge in [0.05, 0.1) is 16.2 Å². The van der Waals surface area contributed by atoms with E-state index in [1.165, 1.54) is 18.3 Å². The summed E-state index contributed by atoms with van der Waals surface area (Å²) >= 11 is 1.38. The van der Waals surface area contributed by atoms with Crippen molar-refractivity contribution in [2.75, 3.05) is 5.32 Å². The van der Waals surface area contributed by atoms with Crippen molar-refractivity contribution >= 4 is 28.6 Å². The van der Waals surface area contributed by atoms with Gasteiger partial charge in [-0.25, -0.2) is 4.39 Å². The summed E-state index contributed by atoms with van der Waals surface area (Å²) in [6, 6.07) is 3.69. The lowest BCUT2D eigenvalue weighted by atomic mass is 10.1. The van der Waals surface area contributed by atoms with Gasteiger partial charge in [0.2, 0.25) is 0 Å². The van der Waals surface area contributed by atoms with Crippen molar-refractivity contribution in [1.82, 2.24) is 0 Å². The summed E-state index contributed by atoms with van der Waals surface area (Å²) in [6.45, 7) is 1.38. The highest BCUT2D eigenvalue weighted by atomic mass is 32.1. The third-order valence-electron chi connectivity index (χ3n) is 2.47. The summed E-state index contributed by atoms with van der Waals surface area (Å²) in [5.41, 5.74) is -0.0597. The van der Waals surface area contributed by atoms with Crippen molar-refractivity contribution in [3.63, 3.8) is 0 Å². The first-order valence-corrected chi connectivity index (χ1v) is 6.21. The molecule has 0 fully saturated rings. The molecule has 1 N–H and O–H groups in total. The number of carbonyl (C=O) groups is 1. The van der Waals surface area contributed by atoms with Gasteiger partial charge in [-0.1, -0.05) is 0 Å². The number of rotatable bonds is 3. The Morgan fingerprint density at radius 1 is 1.47 bits per heavy atom. The number of anilines is 1. The van der Waals surface area contributed by atoms with Crippen LogP contribution in [0.3, 0.4) is 0 Å². The Kier molecular flexibility index (Phi) is 3.57. The number of nitrogens with zero attached hydrogens (tertiary/aromatic N) is 1. The van der Waals surface area contributed by atoms with Crippen LogP contribution in [0.25, 0.3) is 0 Å². The molecule has 1 aromatic carbocycles. The summed E-state index contributed by atoms with van der Waals surface area (Å²) in [6.07, 6.45) is 0. The van der Waals surface area contributed by atoms with Crippen molar-refractivity contribution in [3.05, 3.63) is 56.0 Å². The first kappa shape index (κ1) is 13.2. The molecule has 2 aromatic rings. The number of nitro groups is 1.